The summed E-state index contributed by atoms with van der Waals surface area (Å²) in [7, 11) is 0. The first-order valence-corrected chi connectivity index (χ1v) is 8.84. The normalized spacial score (nSPS) is 13.3. The Kier molecular flexibility index (Phi) is 5.30. The SMILES string of the molecule is CC(=O)N(CC(=O)N1CCCc2ccccc21)c1ccc(Cl)c(Cl)c1. The molecule has 0 saturated heterocycles. The van der Waals surface area contributed by atoms with E-state index in [0.29, 0.717) is 22.3 Å². The third-order valence-electron chi connectivity index (χ3n) is 4.30. The molecule has 0 atom stereocenters. The van der Waals surface area contributed by atoms with Gasteiger partial charge in [0, 0.05) is 24.8 Å². The van der Waals surface area contributed by atoms with Gasteiger partial charge < -0.3 is 9.80 Å². The molecule has 0 saturated carbocycles. The van der Waals surface area contributed by atoms with Gasteiger partial charge in [0.15, 0.2) is 0 Å². The Balaban J connectivity index is 1.85. The molecule has 0 aliphatic carbocycles. The number of nitrogens with zero attached hydrogens (tertiary/aromatic N) is 2. The van der Waals surface area contributed by atoms with E-state index in [1.807, 2.05) is 24.3 Å². The molecule has 0 unspecified atom stereocenters. The van der Waals surface area contributed by atoms with Crippen LogP contribution in [-0.4, -0.2) is 24.9 Å². The molecule has 0 aromatic heterocycles. The molecule has 25 heavy (non-hydrogen) atoms. The lowest BCUT2D eigenvalue weighted by Gasteiger charge is -2.31. The molecular formula is C19H18Cl2N2O2. The minimum absolute atomic E-state index is 0.0401. The molecule has 0 spiro atoms. The van der Waals surface area contributed by atoms with Crippen LogP contribution in [0.1, 0.15) is 18.9 Å². The van der Waals surface area contributed by atoms with E-state index in [-0.39, 0.29) is 18.4 Å². The number of aryl methyl sites for hydroxylation is 1. The predicted octanol–water partition coefficient (Wildman–Crippen LogP) is 4.33. The summed E-state index contributed by atoms with van der Waals surface area (Å²) >= 11 is 12.0. The Morgan fingerprint density at radius 2 is 1.88 bits per heavy atom. The van der Waals surface area contributed by atoms with Crippen molar-refractivity contribution in [3.63, 3.8) is 0 Å². The number of hydrogen-bond donors (Lipinski definition) is 0. The van der Waals surface area contributed by atoms with E-state index < -0.39 is 0 Å². The van der Waals surface area contributed by atoms with E-state index in [9.17, 15) is 9.59 Å². The van der Waals surface area contributed by atoms with Crippen molar-refractivity contribution in [2.45, 2.75) is 19.8 Å². The molecule has 1 aliphatic rings. The smallest absolute Gasteiger partial charge is 0.247 e. The molecule has 4 nitrogen and oxygen atoms in total. The van der Waals surface area contributed by atoms with Gasteiger partial charge in [-0.05, 0) is 42.7 Å². The zero-order valence-corrected chi connectivity index (χ0v) is 15.3. The fraction of sp³-hybridized carbons (Fsp3) is 0.263. The number of benzene rings is 2. The molecule has 6 heteroatoms. The number of hydrogen-bond acceptors (Lipinski definition) is 2. The van der Waals surface area contributed by atoms with Gasteiger partial charge in [-0.25, -0.2) is 0 Å². The zero-order chi connectivity index (χ0) is 18.0. The molecule has 0 N–H and O–H groups in total. The average molecular weight is 377 g/mol. The van der Waals surface area contributed by atoms with Crippen molar-refractivity contribution < 1.29 is 9.59 Å². The van der Waals surface area contributed by atoms with Gasteiger partial charge in [0.05, 0.1) is 10.0 Å². The number of para-hydroxylation sites is 1. The fourth-order valence-electron chi connectivity index (χ4n) is 3.05. The van der Waals surface area contributed by atoms with Gasteiger partial charge in [0.1, 0.15) is 6.54 Å². The lowest BCUT2D eigenvalue weighted by molar-refractivity contribution is -0.121. The summed E-state index contributed by atoms with van der Waals surface area (Å²) in [4.78, 5) is 28.1. The number of rotatable bonds is 3. The Hall–Kier alpha value is -2.04. The van der Waals surface area contributed by atoms with E-state index in [1.54, 1.807) is 23.1 Å². The van der Waals surface area contributed by atoms with Crippen molar-refractivity contribution in [3.8, 4) is 0 Å². The molecule has 130 valence electrons. The van der Waals surface area contributed by atoms with Crippen LogP contribution >= 0.6 is 23.2 Å². The minimum atomic E-state index is -0.225. The number of carbonyl (C=O) groups excluding carboxylic acids is 2. The van der Waals surface area contributed by atoms with Crippen LogP contribution in [0, 0.1) is 0 Å². The van der Waals surface area contributed by atoms with Crippen LogP contribution in [-0.2, 0) is 16.0 Å². The summed E-state index contributed by atoms with van der Waals surface area (Å²) in [6.07, 6.45) is 1.87. The number of anilines is 2. The van der Waals surface area contributed by atoms with Gasteiger partial charge in [0.25, 0.3) is 0 Å². The highest BCUT2D eigenvalue weighted by atomic mass is 35.5. The van der Waals surface area contributed by atoms with Crippen molar-refractivity contribution in [3.05, 3.63) is 58.1 Å². The predicted molar refractivity (Wildman–Crippen MR) is 102 cm³/mol. The molecule has 2 aromatic rings. The number of fused-ring (bicyclic) bond motifs is 1. The first-order chi connectivity index (χ1) is 12.0. The first-order valence-electron chi connectivity index (χ1n) is 8.09. The molecule has 2 aromatic carbocycles. The van der Waals surface area contributed by atoms with Crippen molar-refractivity contribution in [1.29, 1.82) is 0 Å². The summed E-state index contributed by atoms with van der Waals surface area (Å²) in [5, 5.41) is 0.756. The van der Waals surface area contributed by atoms with E-state index in [1.165, 1.54) is 11.8 Å². The molecule has 2 amide bonds. The van der Waals surface area contributed by atoms with E-state index >= 15 is 0 Å². The van der Waals surface area contributed by atoms with E-state index in [0.717, 1.165) is 24.1 Å². The maximum Gasteiger partial charge on any atom is 0.247 e. The topological polar surface area (TPSA) is 40.6 Å². The second-order valence-corrected chi connectivity index (χ2v) is 6.80. The van der Waals surface area contributed by atoms with Crippen LogP contribution in [0.25, 0.3) is 0 Å². The third-order valence-corrected chi connectivity index (χ3v) is 5.04. The summed E-state index contributed by atoms with van der Waals surface area (Å²) in [6.45, 7) is 2.05. The number of amides is 2. The fourth-order valence-corrected chi connectivity index (χ4v) is 3.34. The number of halogens is 2. The molecule has 1 aliphatic heterocycles. The summed E-state index contributed by atoms with van der Waals surface area (Å²) < 4.78 is 0. The Bertz CT molecular complexity index is 823. The molecule has 0 fully saturated rings. The molecule has 0 bridgehead atoms. The highest BCUT2D eigenvalue weighted by molar-refractivity contribution is 6.42. The lowest BCUT2D eigenvalue weighted by atomic mass is 10.0. The summed E-state index contributed by atoms with van der Waals surface area (Å²) in [6, 6.07) is 12.8. The van der Waals surface area contributed by atoms with Crippen LogP contribution < -0.4 is 9.80 Å². The maximum atomic E-state index is 12.9. The van der Waals surface area contributed by atoms with Gasteiger partial charge in [-0.15, -0.1) is 0 Å². The zero-order valence-electron chi connectivity index (χ0n) is 13.8. The quantitative estimate of drug-likeness (QED) is 0.799. The van der Waals surface area contributed by atoms with Crippen LogP contribution in [0.2, 0.25) is 10.0 Å². The van der Waals surface area contributed by atoms with Crippen LogP contribution in [0.3, 0.4) is 0 Å². The van der Waals surface area contributed by atoms with Crippen molar-refractivity contribution in [2.24, 2.45) is 0 Å². The van der Waals surface area contributed by atoms with Crippen molar-refractivity contribution in [1.82, 2.24) is 0 Å². The van der Waals surface area contributed by atoms with Gasteiger partial charge in [0.2, 0.25) is 11.8 Å². The van der Waals surface area contributed by atoms with Crippen LogP contribution in [0.15, 0.2) is 42.5 Å². The largest absolute Gasteiger partial charge is 0.311 e. The highest BCUT2D eigenvalue weighted by Crippen LogP contribution is 2.29. The van der Waals surface area contributed by atoms with Crippen molar-refractivity contribution in [2.75, 3.05) is 22.9 Å². The molecule has 1 heterocycles. The first kappa shape index (κ1) is 17.8. The van der Waals surface area contributed by atoms with Gasteiger partial charge >= 0.3 is 0 Å². The van der Waals surface area contributed by atoms with E-state index in [4.69, 9.17) is 23.2 Å². The van der Waals surface area contributed by atoms with Crippen LogP contribution in [0.5, 0.6) is 0 Å². The average Bonchev–Trinajstić information content (AvgIpc) is 2.61. The Labute approximate surface area is 156 Å². The third kappa shape index (κ3) is 3.80. The maximum absolute atomic E-state index is 12.9. The standard InChI is InChI=1S/C19H18Cl2N2O2/c1-13(24)23(15-8-9-16(20)17(21)11-15)12-19(25)22-10-4-6-14-5-2-3-7-18(14)22/h2-3,5,7-9,11H,4,6,10,12H2,1H3. The van der Waals surface area contributed by atoms with Gasteiger partial charge in [-0.1, -0.05) is 41.4 Å². The minimum Gasteiger partial charge on any atom is -0.311 e. The summed E-state index contributed by atoms with van der Waals surface area (Å²) in [5.41, 5.74) is 2.64. The second kappa shape index (κ2) is 7.46. The molecular weight excluding hydrogens is 359 g/mol. The van der Waals surface area contributed by atoms with Gasteiger partial charge in [-0.2, -0.15) is 0 Å². The Morgan fingerprint density at radius 3 is 2.60 bits per heavy atom. The Morgan fingerprint density at radius 1 is 1.12 bits per heavy atom. The summed E-state index contributed by atoms with van der Waals surface area (Å²) in [5.74, 6) is -0.342. The molecule has 3 rings (SSSR count). The van der Waals surface area contributed by atoms with Crippen molar-refractivity contribution >= 4 is 46.4 Å². The number of carbonyl (C=O) groups is 2. The highest BCUT2D eigenvalue weighted by Gasteiger charge is 2.25. The second-order valence-electron chi connectivity index (χ2n) is 5.98. The van der Waals surface area contributed by atoms with E-state index in [2.05, 4.69) is 0 Å². The lowest BCUT2D eigenvalue weighted by Crippen LogP contribution is -2.44. The van der Waals surface area contributed by atoms with Gasteiger partial charge in [-0.3, -0.25) is 9.59 Å². The molecule has 0 radical (unpaired) electrons. The monoisotopic (exact) mass is 376 g/mol. The van der Waals surface area contributed by atoms with Crippen LogP contribution in [0.4, 0.5) is 11.4 Å².